The Balaban J connectivity index is 3.93. The molecule has 0 aromatic heterocycles. The van der Waals surface area contributed by atoms with Crippen LogP contribution in [-0.2, 0) is 16.3 Å². The Morgan fingerprint density at radius 3 is 2.62 bits per heavy atom. The maximum Gasteiger partial charge on any atom is 0.168 e. The highest BCUT2D eigenvalue weighted by molar-refractivity contribution is 8.90. The van der Waals surface area contributed by atoms with Crippen molar-refractivity contribution in [3.8, 4) is 0 Å². The number of hydrogen-bond acceptors (Lipinski definition) is 2. The summed E-state index contributed by atoms with van der Waals surface area (Å²) in [5.74, 6) is 0. The first-order valence-electron chi connectivity index (χ1n) is 4.34. The van der Waals surface area contributed by atoms with Crippen LogP contribution in [0.15, 0.2) is 12.7 Å². The minimum absolute atomic E-state index is 0.151. The third-order valence-corrected chi connectivity index (χ3v) is 2.99. The Morgan fingerprint density at radius 2 is 2.23 bits per heavy atom. The summed E-state index contributed by atoms with van der Waals surface area (Å²) in [5.41, 5.74) is 0. The van der Waals surface area contributed by atoms with Crippen molar-refractivity contribution in [1.29, 1.82) is 0 Å². The van der Waals surface area contributed by atoms with Crippen LogP contribution in [0.25, 0.3) is 0 Å². The molecule has 0 spiro atoms. The fourth-order valence-corrected chi connectivity index (χ4v) is 2.77. The highest BCUT2D eigenvalue weighted by Gasteiger charge is 2.13. The predicted molar refractivity (Wildman–Crippen MR) is 71.5 cm³/mol. The summed E-state index contributed by atoms with van der Waals surface area (Å²) in [6.07, 6.45) is 6.17. The van der Waals surface area contributed by atoms with Crippen molar-refractivity contribution in [2.24, 2.45) is 0 Å². The van der Waals surface area contributed by atoms with Gasteiger partial charge in [0.15, 0.2) is 4.67 Å². The van der Waals surface area contributed by atoms with Crippen molar-refractivity contribution in [1.82, 2.24) is 0 Å². The number of hydrogen-bond donors (Lipinski definition) is 2. The first-order valence-corrected chi connectivity index (χ1v) is 9.37. The summed E-state index contributed by atoms with van der Waals surface area (Å²) in [5, 5.41) is 0. The summed E-state index contributed by atoms with van der Waals surface area (Å²) < 4.78 is 3.45. The van der Waals surface area contributed by atoms with E-state index in [9.17, 15) is 0 Å². The van der Waals surface area contributed by atoms with Crippen molar-refractivity contribution in [3.05, 3.63) is 12.7 Å². The zero-order chi connectivity index (χ0) is 10.3. The van der Waals surface area contributed by atoms with Crippen molar-refractivity contribution in [2.75, 3.05) is 0 Å². The van der Waals surface area contributed by atoms with Crippen LogP contribution in [0.1, 0.15) is 32.6 Å². The highest BCUT2D eigenvalue weighted by atomic mass is 33.2. The maximum atomic E-state index is 5.56. The molecule has 13 heavy (non-hydrogen) atoms. The monoisotopic (exact) mass is 256 g/mol. The maximum absolute atomic E-state index is 5.56. The quantitative estimate of drug-likeness (QED) is 0.401. The Bertz CT molecular complexity index is 190. The Hall–Kier alpha value is 1.05. The Kier molecular flexibility index (Phi) is 7.95. The molecular formula is C8H17OPS3. The molecule has 0 heterocycles. The average molecular weight is 256 g/mol. The van der Waals surface area contributed by atoms with Crippen molar-refractivity contribution >= 4 is 41.0 Å². The van der Waals surface area contributed by atoms with Gasteiger partial charge in [-0.3, -0.25) is 0 Å². The van der Waals surface area contributed by atoms with Gasteiger partial charge in [-0.25, -0.2) is 0 Å². The number of unbranched alkanes of at least 4 members (excludes halogenated alkanes) is 1. The first-order chi connectivity index (χ1) is 5.99. The van der Waals surface area contributed by atoms with E-state index in [0.717, 1.165) is 19.3 Å². The van der Waals surface area contributed by atoms with E-state index in [1.165, 1.54) is 6.42 Å². The van der Waals surface area contributed by atoms with Gasteiger partial charge in [0, 0.05) is 0 Å². The molecule has 0 aromatic carbocycles. The number of rotatable bonds is 7. The second kappa shape index (κ2) is 7.36. The van der Waals surface area contributed by atoms with E-state index in [2.05, 4.69) is 38.0 Å². The molecule has 0 aromatic rings. The number of thiol groups is 2. The second-order valence-electron chi connectivity index (χ2n) is 2.88. The van der Waals surface area contributed by atoms with E-state index in [1.807, 2.05) is 6.08 Å². The molecule has 0 bridgehead atoms. The summed E-state index contributed by atoms with van der Waals surface area (Å²) in [6.45, 7) is 5.84. The molecule has 1 nitrogen and oxygen atoms in total. The second-order valence-corrected chi connectivity index (χ2v) is 11.6. The largest absolute Gasteiger partial charge is 0.331 e. The van der Waals surface area contributed by atoms with Gasteiger partial charge >= 0.3 is 0 Å². The fraction of sp³-hybridized carbons (Fsp3) is 0.750. The van der Waals surface area contributed by atoms with Crippen LogP contribution in [0.4, 0.5) is 0 Å². The van der Waals surface area contributed by atoms with E-state index >= 15 is 0 Å². The van der Waals surface area contributed by atoms with Crippen molar-refractivity contribution in [2.45, 2.75) is 38.7 Å². The summed E-state index contributed by atoms with van der Waals surface area (Å²) >= 11 is 13.3. The minimum atomic E-state index is -2.12. The summed E-state index contributed by atoms with van der Waals surface area (Å²) in [7, 11) is 0. The molecule has 1 atom stereocenters. The van der Waals surface area contributed by atoms with Crippen LogP contribution in [0.2, 0.25) is 0 Å². The van der Waals surface area contributed by atoms with Crippen LogP contribution in [0.5, 0.6) is 0 Å². The van der Waals surface area contributed by atoms with Gasteiger partial charge in [-0.2, -0.15) is 0 Å². The Morgan fingerprint density at radius 1 is 1.62 bits per heavy atom. The lowest BCUT2D eigenvalue weighted by molar-refractivity contribution is 0.222. The Labute approximate surface area is 96.7 Å². The van der Waals surface area contributed by atoms with E-state index in [1.54, 1.807) is 0 Å². The summed E-state index contributed by atoms with van der Waals surface area (Å²) in [4.78, 5) is 0. The normalized spacial score (nSPS) is 14.1. The first kappa shape index (κ1) is 14.1. The van der Waals surface area contributed by atoms with Crippen LogP contribution in [0, 0.1) is 0 Å². The van der Waals surface area contributed by atoms with Crippen LogP contribution in [-0.4, -0.2) is 6.10 Å². The molecule has 5 heteroatoms. The standard InChI is InChI=1S/C8H17OPS3/c1-3-5-7-8(6-4-2)9-10(11,12)13/h4,8H,2-3,5-7H2,1H3,(H2,11,12,13). The van der Waals surface area contributed by atoms with Gasteiger partial charge in [0.1, 0.15) is 0 Å². The molecule has 0 radical (unpaired) electrons. The van der Waals surface area contributed by atoms with Crippen molar-refractivity contribution in [3.63, 3.8) is 0 Å². The fourth-order valence-electron chi connectivity index (χ4n) is 1.03. The van der Waals surface area contributed by atoms with Crippen LogP contribution in [0.3, 0.4) is 0 Å². The zero-order valence-electron chi connectivity index (χ0n) is 7.85. The highest BCUT2D eigenvalue weighted by Crippen LogP contribution is 2.58. The third kappa shape index (κ3) is 9.36. The van der Waals surface area contributed by atoms with Gasteiger partial charge in [0.2, 0.25) is 0 Å². The molecule has 0 N–H and O–H groups in total. The lowest BCUT2D eigenvalue weighted by Crippen LogP contribution is -2.07. The summed E-state index contributed by atoms with van der Waals surface area (Å²) in [6, 6.07) is 0. The SMILES string of the molecule is C=CCC(CCCC)OP(=S)(S)S. The van der Waals surface area contributed by atoms with Gasteiger partial charge in [0.05, 0.1) is 6.10 Å². The molecule has 0 aliphatic carbocycles. The molecule has 0 saturated carbocycles. The predicted octanol–water partition coefficient (Wildman–Crippen LogP) is 4.22. The molecule has 0 fully saturated rings. The van der Waals surface area contributed by atoms with E-state index in [0.29, 0.717) is 0 Å². The molecule has 0 aliphatic rings. The molecule has 78 valence electrons. The van der Waals surface area contributed by atoms with Crippen LogP contribution >= 0.6 is 29.2 Å². The zero-order valence-corrected chi connectivity index (χ0v) is 11.3. The lowest BCUT2D eigenvalue weighted by atomic mass is 10.1. The molecule has 1 unspecified atom stereocenters. The van der Waals surface area contributed by atoms with Gasteiger partial charge in [-0.15, -0.1) is 31.1 Å². The van der Waals surface area contributed by atoms with Gasteiger partial charge < -0.3 is 4.52 Å². The molecule has 0 amide bonds. The van der Waals surface area contributed by atoms with Crippen molar-refractivity contribution < 1.29 is 4.52 Å². The minimum Gasteiger partial charge on any atom is -0.331 e. The lowest BCUT2D eigenvalue weighted by Gasteiger charge is -2.19. The smallest absolute Gasteiger partial charge is 0.168 e. The third-order valence-electron chi connectivity index (χ3n) is 1.60. The average Bonchev–Trinajstić information content (AvgIpc) is 1.98. The van der Waals surface area contributed by atoms with Gasteiger partial charge in [-0.05, 0) is 24.6 Å². The van der Waals surface area contributed by atoms with Crippen LogP contribution < -0.4 is 0 Å². The van der Waals surface area contributed by atoms with E-state index < -0.39 is 4.67 Å². The van der Waals surface area contributed by atoms with Gasteiger partial charge in [0.25, 0.3) is 0 Å². The molecule has 0 rings (SSSR count). The van der Waals surface area contributed by atoms with E-state index in [4.69, 9.17) is 16.3 Å². The molecular weight excluding hydrogens is 239 g/mol. The van der Waals surface area contributed by atoms with E-state index in [-0.39, 0.29) is 6.10 Å². The topological polar surface area (TPSA) is 9.23 Å². The molecule has 0 aliphatic heterocycles. The van der Waals surface area contributed by atoms with Gasteiger partial charge in [-0.1, -0.05) is 25.8 Å². The molecule has 0 saturated heterocycles.